The second-order valence-corrected chi connectivity index (χ2v) is 7.87. The number of para-hydroxylation sites is 1. The van der Waals surface area contributed by atoms with Crippen LogP contribution in [0, 0.1) is 13.8 Å². The van der Waals surface area contributed by atoms with Crippen molar-refractivity contribution in [2.75, 3.05) is 11.5 Å². The normalized spacial score (nSPS) is 15.8. The summed E-state index contributed by atoms with van der Waals surface area (Å²) in [5.41, 5.74) is 3.93. The first-order chi connectivity index (χ1) is 12.5. The molecule has 3 nitrogen and oxygen atoms in total. The lowest BCUT2D eigenvalue weighted by Crippen LogP contribution is -2.28. The molecule has 5 heteroatoms. The largest absolute Gasteiger partial charge is 0.493 e. The fraction of sp³-hybridized carbons (Fsp3) is 0.238. The van der Waals surface area contributed by atoms with Gasteiger partial charge >= 0.3 is 0 Å². The summed E-state index contributed by atoms with van der Waals surface area (Å²) >= 11 is 6.81. The first kappa shape index (κ1) is 18.7. The van der Waals surface area contributed by atoms with Crippen molar-refractivity contribution in [3.63, 3.8) is 0 Å². The molecule has 26 heavy (non-hydrogen) atoms. The molecule has 134 valence electrons. The third-order valence-electron chi connectivity index (χ3n) is 4.05. The van der Waals surface area contributed by atoms with E-state index < -0.39 is 0 Å². The van der Waals surface area contributed by atoms with Gasteiger partial charge < -0.3 is 4.74 Å². The Morgan fingerprint density at radius 3 is 2.69 bits per heavy atom. The lowest BCUT2D eigenvalue weighted by atomic mass is 10.1. The summed E-state index contributed by atoms with van der Waals surface area (Å²) < 4.78 is 6.35. The number of amides is 1. The molecule has 1 heterocycles. The lowest BCUT2D eigenvalue weighted by Gasteiger charge is -2.17. The summed E-state index contributed by atoms with van der Waals surface area (Å²) in [6.07, 6.45) is 2.80. The molecule has 3 rings (SSSR count). The maximum absolute atomic E-state index is 13.0. The molecular formula is C21H21NO2S2. The number of carbonyl (C=O) groups excluding carboxylic acids is 1. The smallest absolute Gasteiger partial charge is 0.270 e. The van der Waals surface area contributed by atoms with Gasteiger partial charge in [0, 0.05) is 5.56 Å². The summed E-state index contributed by atoms with van der Waals surface area (Å²) in [6, 6.07) is 13.8. The van der Waals surface area contributed by atoms with Crippen LogP contribution in [0.15, 0.2) is 47.4 Å². The van der Waals surface area contributed by atoms with Crippen molar-refractivity contribution in [3.8, 4) is 5.75 Å². The van der Waals surface area contributed by atoms with Crippen LogP contribution in [0.25, 0.3) is 6.08 Å². The van der Waals surface area contributed by atoms with E-state index in [-0.39, 0.29) is 5.91 Å². The number of carbonyl (C=O) groups is 1. The van der Waals surface area contributed by atoms with Gasteiger partial charge in [-0.25, -0.2) is 0 Å². The highest BCUT2D eigenvalue weighted by Gasteiger charge is 2.34. The molecule has 1 aliphatic heterocycles. The minimum absolute atomic E-state index is 0.0859. The Kier molecular flexibility index (Phi) is 5.79. The molecule has 0 N–H and O–H groups in total. The Bertz CT molecular complexity index is 889. The summed E-state index contributed by atoms with van der Waals surface area (Å²) in [6.45, 7) is 6.75. The fourth-order valence-corrected chi connectivity index (χ4v) is 4.09. The quantitative estimate of drug-likeness (QED) is 0.504. The minimum atomic E-state index is -0.0859. The van der Waals surface area contributed by atoms with E-state index in [1.165, 1.54) is 11.8 Å². The number of ether oxygens (including phenoxy) is 1. The Hall–Kier alpha value is -2.11. The van der Waals surface area contributed by atoms with Crippen LogP contribution in [0.5, 0.6) is 5.75 Å². The van der Waals surface area contributed by atoms with Crippen LogP contribution in [0.1, 0.15) is 30.0 Å². The average Bonchev–Trinajstić information content (AvgIpc) is 2.88. The Labute approximate surface area is 164 Å². The fourth-order valence-electron chi connectivity index (χ4n) is 2.82. The van der Waals surface area contributed by atoms with Gasteiger partial charge in [-0.3, -0.25) is 9.69 Å². The van der Waals surface area contributed by atoms with E-state index in [0.29, 0.717) is 15.8 Å². The van der Waals surface area contributed by atoms with Crippen molar-refractivity contribution in [2.24, 2.45) is 0 Å². The van der Waals surface area contributed by atoms with E-state index in [4.69, 9.17) is 17.0 Å². The van der Waals surface area contributed by atoms with Crippen molar-refractivity contribution in [1.82, 2.24) is 0 Å². The van der Waals surface area contributed by atoms with Gasteiger partial charge in [-0.15, -0.1) is 0 Å². The predicted molar refractivity (Wildman–Crippen MR) is 114 cm³/mol. The topological polar surface area (TPSA) is 29.5 Å². The van der Waals surface area contributed by atoms with Crippen molar-refractivity contribution in [1.29, 1.82) is 0 Å². The molecule has 0 spiro atoms. The van der Waals surface area contributed by atoms with E-state index >= 15 is 0 Å². The molecule has 0 aromatic heterocycles. The molecule has 2 aromatic carbocycles. The van der Waals surface area contributed by atoms with E-state index in [2.05, 4.69) is 13.0 Å². The molecule has 0 atom stereocenters. The van der Waals surface area contributed by atoms with Crippen LogP contribution < -0.4 is 9.64 Å². The van der Waals surface area contributed by atoms with Gasteiger partial charge in [-0.05, 0) is 44.0 Å². The summed E-state index contributed by atoms with van der Waals surface area (Å²) in [7, 11) is 0. The van der Waals surface area contributed by atoms with Crippen LogP contribution in [0.3, 0.4) is 0 Å². The van der Waals surface area contributed by atoms with Gasteiger partial charge in [0.25, 0.3) is 5.91 Å². The predicted octanol–water partition coefficient (Wildman–Crippen LogP) is 5.50. The Balaban J connectivity index is 1.93. The Morgan fingerprint density at radius 2 is 1.96 bits per heavy atom. The average molecular weight is 384 g/mol. The summed E-state index contributed by atoms with van der Waals surface area (Å²) in [5, 5.41) is 0. The zero-order chi connectivity index (χ0) is 18.7. The third-order valence-corrected chi connectivity index (χ3v) is 5.36. The van der Waals surface area contributed by atoms with Crippen LogP contribution in [-0.4, -0.2) is 16.8 Å². The standard InChI is InChI=1S/C21H21NO2S2/c1-4-11-24-18-8-6-5-7-16(18)13-19-20(23)22(21(25)26-19)17-10-9-14(2)12-15(17)3/h5-10,12-13H,4,11H2,1-3H3/b19-13-. The summed E-state index contributed by atoms with van der Waals surface area (Å²) in [4.78, 5) is 15.2. The zero-order valence-electron chi connectivity index (χ0n) is 15.1. The molecule has 0 bridgehead atoms. The molecule has 0 aliphatic carbocycles. The van der Waals surface area contributed by atoms with Gasteiger partial charge in [0.15, 0.2) is 4.32 Å². The van der Waals surface area contributed by atoms with Crippen LogP contribution in [0.4, 0.5) is 5.69 Å². The van der Waals surface area contributed by atoms with Crippen molar-refractivity contribution in [2.45, 2.75) is 27.2 Å². The van der Waals surface area contributed by atoms with Crippen LogP contribution >= 0.6 is 24.0 Å². The molecular weight excluding hydrogens is 362 g/mol. The second kappa shape index (κ2) is 8.06. The molecule has 0 unspecified atom stereocenters. The number of nitrogens with zero attached hydrogens (tertiary/aromatic N) is 1. The van der Waals surface area contributed by atoms with E-state index in [0.717, 1.165) is 34.5 Å². The maximum atomic E-state index is 13.0. The number of thiocarbonyl (C=S) groups is 1. The molecule has 1 fully saturated rings. The summed E-state index contributed by atoms with van der Waals surface area (Å²) in [5.74, 6) is 0.698. The van der Waals surface area contributed by atoms with Crippen molar-refractivity contribution >= 4 is 46.0 Å². The van der Waals surface area contributed by atoms with E-state index in [1.807, 2.05) is 56.3 Å². The molecule has 2 aromatic rings. The van der Waals surface area contributed by atoms with Crippen LogP contribution in [-0.2, 0) is 4.79 Å². The number of hydrogen-bond donors (Lipinski definition) is 0. The monoisotopic (exact) mass is 383 g/mol. The zero-order valence-corrected chi connectivity index (χ0v) is 16.7. The number of rotatable bonds is 5. The highest BCUT2D eigenvalue weighted by molar-refractivity contribution is 8.27. The maximum Gasteiger partial charge on any atom is 0.270 e. The van der Waals surface area contributed by atoms with Gasteiger partial charge in [0.05, 0.1) is 17.2 Å². The number of benzene rings is 2. The highest BCUT2D eigenvalue weighted by atomic mass is 32.2. The third kappa shape index (κ3) is 3.84. The SMILES string of the molecule is CCCOc1ccccc1/C=C1\SC(=S)N(c2ccc(C)cc2C)C1=O. The van der Waals surface area contributed by atoms with Crippen molar-refractivity contribution < 1.29 is 9.53 Å². The molecule has 1 aliphatic rings. The van der Waals surface area contributed by atoms with Gasteiger partial charge in [0.1, 0.15) is 5.75 Å². The van der Waals surface area contributed by atoms with E-state index in [9.17, 15) is 4.79 Å². The molecule has 1 saturated heterocycles. The van der Waals surface area contributed by atoms with E-state index in [1.54, 1.807) is 4.90 Å². The molecule has 0 saturated carbocycles. The highest BCUT2D eigenvalue weighted by Crippen LogP contribution is 2.38. The number of hydrogen-bond acceptors (Lipinski definition) is 4. The van der Waals surface area contributed by atoms with Crippen molar-refractivity contribution in [3.05, 3.63) is 64.1 Å². The molecule has 1 amide bonds. The minimum Gasteiger partial charge on any atom is -0.493 e. The van der Waals surface area contributed by atoms with Gasteiger partial charge in [-0.1, -0.05) is 66.8 Å². The van der Waals surface area contributed by atoms with Gasteiger partial charge in [-0.2, -0.15) is 0 Å². The Morgan fingerprint density at radius 1 is 1.19 bits per heavy atom. The number of thioether (sulfide) groups is 1. The van der Waals surface area contributed by atoms with Gasteiger partial charge in [0.2, 0.25) is 0 Å². The first-order valence-corrected chi connectivity index (χ1v) is 9.80. The number of aryl methyl sites for hydroxylation is 2. The first-order valence-electron chi connectivity index (χ1n) is 8.58. The second-order valence-electron chi connectivity index (χ2n) is 6.19. The lowest BCUT2D eigenvalue weighted by molar-refractivity contribution is -0.113. The number of anilines is 1. The molecule has 0 radical (unpaired) electrons. The van der Waals surface area contributed by atoms with Crippen LogP contribution in [0.2, 0.25) is 0 Å².